The molecule has 1 unspecified atom stereocenters. The molecular weight excluding hydrogens is 270 g/mol. The predicted molar refractivity (Wildman–Crippen MR) is 92.8 cm³/mol. The second-order valence-corrected chi connectivity index (χ2v) is 6.09. The summed E-state index contributed by atoms with van der Waals surface area (Å²) < 4.78 is 0. The Labute approximate surface area is 133 Å². The Morgan fingerprint density at radius 2 is 1.59 bits per heavy atom. The first-order chi connectivity index (χ1) is 10.6. The van der Waals surface area contributed by atoms with Gasteiger partial charge < -0.3 is 5.32 Å². The number of rotatable bonds is 6. The molecule has 2 aromatic carbocycles. The molecule has 2 aromatic rings. The Morgan fingerprint density at radius 1 is 0.955 bits per heavy atom. The van der Waals surface area contributed by atoms with Gasteiger partial charge in [-0.25, -0.2) is 0 Å². The molecule has 2 heteroatoms. The summed E-state index contributed by atoms with van der Waals surface area (Å²) in [5.74, 6) is 0.583. The zero-order chi connectivity index (χ0) is 15.9. The lowest BCUT2D eigenvalue weighted by Crippen LogP contribution is -2.29. The normalized spacial score (nSPS) is 12.2. The number of hydrogen-bond acceptors (Lipinski definition) is 1. The van der Waals surface area contributed by atoms with Gasteiger partial charge >= 0.3 is 0 Å². The van der Waals surface area contributed by atoms with Gasteiger partial charge in [-0.15, -0.1) is 0 Å². The summed E-state index contributed by atoms with van der Waals surface area (Å²) >= 11 is 0. The topological polar surface area (TPSA) is 29.1 Å². The van der Waals surface area contributed by atoms with E-state index in [2.05, 4.69) is 60.8 Å². The monoisotopic (exact) mass is 295 g/mol. The molecule has 0 fully saturated rings. The van der Waals surface area contributed by atoms with Crippen molar-refractivity contribution in [2.45, 2.75) is 33.1 Å². The van der Waals surface area contributed by atoms with Crippen LogP contribution in [0.25, 0.3) is 11.1 Å². The number of carbonyl (C=O) groups is 1. The van der Waals surface area contributed by atoms with Gasteiger partial charge in [-0.1, -0.05) is 75.4 Å². The van der Waals surface area contributed by atoms with Crippen molar-refractivity contribution in [2.75, 3.05) is 6.54 Å². The first-order valence-electron chi connectivity index (χ1n) is 8.01. The van der Waals surface area contributed by atoms with Gasteiger partial charge in [-0.2, -0.15) is 0 Å². The van der Waals surface area contributed by atoms with Crippen molar-refractivity contribution in [1.29, 1.82) is 0 Å². The van der Waals surface area contributed by atoms with Gasteiger partial charge in [0.25, 0.3) is 0 Å². The number of amides is 1. The van der Waals surface area contributed by atoms with Crippen LogP contribution in [-0.2, 0) is 4.79 Å². The Morgan fingerprint density at radius 3 is 2.27 bits per heavy atom. The molecule has 0 radical (unpaired) electrons. The van der Waals surface area contributed by atoms with E-state index in [0.717, 1.165) is 13.0 Å². The third-order valence-electron chi connectivity index (χ3n) is 3.98. The van der Waals surface area contributed by atoms with Crippen LogP contribution in [0.4, 0.5) is 0 Å². The van der Waals surface area contributed by atoms with E-state index in [-0.39, 0.29) is 11.8 Å². The third kappa shape index (κ3) is 4.20. The molecule has 2 nitrogen and oxygen atoms in total. The number of benzene rings is 2. The fourth-order valence-electron chi connectivity index (χ4n) is 2.58. The zero-order valence-electron chi connectivity index (χ0n) is 13.7. The maximum atomic E-state index is 11.6. The van der Waals surface area contributed by atoms with Gasteiger partial charge in [0.15, 0.2) is 0 Å². The SMILES string of the molecule is CC(C)C(=O)NCCC(C)c1ccccc1-c1ccccc1. The van der Waals surface area contributed by atoms with Crippen LogP contribution in [0.15, 0.2) is 54.6 Å². The molecule has 0 saturated carbocycles. The third-order valence-corrected chi connectivity index (χ3v) is 3.98. The summed E-state index contributed by atoms with van der Waals surface area (Å²) in [4.78, 5) is 11.6. The molecule has 0 bridgehead atoms. The molecule has 0 saturated heterocycles. The highest BCUT2D eigenvalue weighted by Gasteiger charge is 2.12. The van der Waals surface area contributed by atoms with E-state index < -0.39 is 0 Å². The minimum atomic E-state index is 0.0481. The van der Waals surface area contributed by atoms with E-state index in [1.54, 1.807) is 0 Å². The van der Waals surface area contributed by atoms with E-state index >= 15 is 0 Å². The largest absolute Gasteiger partial charge is 0.356 e. The molecule has 116 valence electrons. The lowest BCUT2D eigenvalue weighted by Gasteiger charge is -2.17. The first-order valence-corrected chi connectivity index (χ1v) is 8.01. The lowest BCUT2D eigenvalue weighted by molar-refractivity contribution is -0.123. The van der Waals surface area contributed by atoms with Crippen LogP contribution >= 0.6 is 0 Å². The molecule has 2 rings (SSSR count). The molecule has 0 aromatic heterocycles. The van der Waals surface area contributed by atoms with Crippen LogP contribution in [0, 0.1) is 5.92 Å². The Kier molecular flexibility index (Phi) is 5.76. The summed E-state index contributed by atoms with van der Waals surface area (Å²) in [6, 6.07) is 19.0. The molecule has 1 atom stereocenters. The van der Waals surface area contributed by atoms with E-state index in [0.29, 0.717) is 5.92 Å². The molecule has 1 amide bonds. The maximum absolute atomic E-state index is 11.6. The van der Waals surface area contributed by atoms with Gasteiger partial charge in [0.05, 0.1) is 0 Å². The van der Waals surface area contributed by atoms with Gasteiger partial charge in [-0.05, 0) is 29.0 Å². The van der Waals surface area contributed by atoms with Gasteiger partial charge in [0.2, 0.25) is 5.91 Å². The van der Waals surface area contributed by atoms with Crippen LogP contribution in [0.5, 0.6) is 0 Å². The van der Waals surface area contributed by atoms with Crippen molar-refractivity contribution in [3.63, 3.8) is 0 Å². The fraction of sp³-hybridized carbons (Fsp3) is 0.350. The van der Waals surface area contributed by atoms with Crippen molar-refractivity contribution in [2.24, 2.45) is 5.92 Å². The highest BCUT2D eigenvalue weighted by atomic mass is 16.1. The summed E-state index contributed by atoms with van der Waals surface area (Å²) in [5.41, 5.74) is 3.87. The van der Waals surface area contributed by atoms with Crippen molar-refractivity contribution >= 4 is 5.91 Å². The molecule has 22 heavy (non-hydrogen) atoms. The number of nitrogens with one attached hydrogen (secondary N) is 1. The molecule has 0 aliphatic heterocycles. The summed E-state index contributed by atoms with van der Waals surface area (Å²) in [6.07, 6.45) is 0.947. The first kappa shape index (κ1) is 16.3. The molecule has 0 spiro atoms. The van der Waals surface area contributed by atoms with Crippen LogP contribution in [0.1, 0.15) is 38.7 Å². The maximum Gasteiger partial charge on any atom is 0.222 e. The zero-order valence-corrected chi connectivity index (χ0v) is 13.7. The van der Waals surface area contributed by atoms with Crippen LogP contribution in [-0.4, -0.2) is 12.5 Å². The number of carbonyl (C=O) groups excluding carboxylic acids is 1. The smallest absolute Gasteiger partial charge is 0.222 e. The van der Waals surface area contributed by atoms with Crippen LogP contribution < -0.4 is 5.32 Å². The predicted octanol–water partition coefficient (Wildman–Crippen LogP) is 4.62. The average Bonchev–Trinajstić information content (AvgIpc) is 2.55. The summed E-state index contributed by atoms with van der Waals surface area (Å²) in [7, 11) is 0. The molecule has 1 N–H and O–H groups in total. The molecule has 0 heterocycles. The highest BCUT2D eigenvalue weighted by Crippen LogP contribution is 2.30. The van der Waals surface area contributed by atoms with Gasteiger partial charge in [0.1, 0.15) is 0 Å². The summed E-state index contributed by atoms with van der Waals surface area (Å²) in [5, 5.41) is 3.00. The molecule has 0 aliphatic rings. The standard InChI is InChI=1S/C20H25NO/c1-15(2)20(22)21-14-13-16(3)18-11-7-8-12-19(18)17-9-5-4-6-10-17/h4-12,15-16H,13-14H2,1-3H3,(H,21,22). The van der Waals surface area contributed by atoms with Crippen LogP contribution in [0.3, 0.4) is 0 Å². The molecular formula is C20H25NO. The Hall–Kier alpha value is -2.09. The fourth-order valence-corrected chi connectivity index (χ4v) is 2.58. The minimum absolute atomic E-state index is 0.0481. The Balaban J connectivity index is 2.07. The second-order valence-electron chi connectivity index (χ2n) is 6.09. The van der Waals surface area contributed by atoms with Crippen LogP contribution in [0.2, 0.25) is 0 Å². The van der Waals surface area contributed by atoms with E-state index in [1.165, 1.54) is 16.7 Å². The van der Waals surface area contributed by atoms with E-state index in [4.69, 9.17) is 0 Å². The highest BCUT2D eigenvalue weighted by molar-refractivity contribution is 5.77. The van der Waals surface area contributed by atoms with Crippen molar-refractivity contribution in [3.05, 3.63) is 60.2 Å². The van der Waals surface area contributed by atoms with Crippen molar-refractivity contribution < 1.29 is 4.79 Å². The second kappa shape index (κ2) is 7.79. The molecule has 0 aliphatic carbocycles. The number of hydrogen-bond donors (Lipinski definition) is 1. The summed E-state index contributed by atoms with van der Waals surface area (Å²) in [6.45, 7) is 6.79. The minimum Gasteiger partial charge on any atom is -0.356 e. The quantitative estimate of drug-likeness (QED) is 0.827. The van der Waals surface area contributed by atoms with E-state index in [1.807, 2.05) is 19.9 Å². The van der Waals surface area contributed by atoms with Gasteiger partial charge in [-0.3, -0.25) is 4.79 Å². The lowest BCUT2D eigenvalue weighted by atomic mass is 9.90. The van der Waals surface area contributed by atoms with E-state index in [9.17, 15) is 4.79 Å². The van der Waals surface area contributed by atoms with Crippen molar-refractivity contribution in [3.8, 4) is 11.1 Å². The average molecular weight is 295 g/mol. The van der Waals surface area contributed by atoms with Crippen molar-refractivity contribution in [1.82, 2.24) is 5.32 Å². The van der Waals surface area contributed by atoms with Gasteiger partial charge in [0, 0.05) is 12.5 Å². The Bertz CT molecular complexity index is 604.